The zero-order chi connectivity index (χ0) is 26.2. The summed E-state index contributed by atoms with van der Waals surface area (Å²) in [5, 5.41) is 0.435. The predicted octanol–water partition coefficient (Wildman–Crippen LogP) is 5.11. The maximum Gasteiger partial charge on any atom is 0.270 e. The average molecular weight is 517 g/mol. The summed E-state index contributed by atoms with van der Waals surface area (Å²) in [5.41, 5.74) is 2.05. The van der Waals surface area contributed by atoms with E-state index in [-0.39, 0.29) is 17.4 Å². The Balaban J connectivity index is 1.58. The summed E-state index contributed by atoms with van der Waals surface area (Å²) in [5.74, 6) is -0.302. The van der Waals surface area contributed by atoms with E-state index in [4.69, 9.17) is 9.47 Å². The monoisotopic (exact) mass is 516 g/mol. The molecular formula is C29H28N2O5S. The zero-order valence-corrected chi connectivity index (χ0v) is 21.7. The molecule has 0 radical (unpaired) electrons. The molecule has 2 atom stereocenters. The van der Waals surface area contributed by atoms with Crippen molar-refractivity contribution in [3.05, 3.63) is 101 Å². The first-order valence-corrected chi connectivity index (χ1v) is 13.5. The number of benzene rings is 3. The molecule has 0 bridgehead atoms. The summed E-state index contributed by atoms with van der Waals surface area (Å²) in [6.45, 7) is 3.74. The van der Waals surface area contributed by atoms with Crippen molar-refractivity contribution in [3.63, 3.8) is 0 Å². The normalized spacial score (nSPS) is 19.6. The van der Waals surface area contributed by atoms with Crippen LogP contribution in [0.1, 0.15) is 41.3 Å². The largest absolute Gasteiger partial charge is 0.496 e. The van der Waals surface area contributed by atoms with Crippen LogP contribution in [0.25, 0.3) is 10.9 Å². The Morgan fingerprint density at radius 1 is 1.03 bits per heavy atom. The fraction of sp³-hybridized carbons (Fsp3) is 0.241. The molecule has 2 heterocycles. The molecule has 1 saturated heterocycles. The van der Waals surface area contributed by atoms with Gasteiger partial charge in [0.25, 0.3) is 15.9 Å². The summed E-state index contributed by atoms with van der Waals surface area (Å²) < 4.78 is 41.6. The Hall–Kier alpha value is -3.75. The molecule has 0 unspecified atom stereocenters. The van der Waals surface area contributed by atoms with E-state index in [1.54, 1.807) is 30.3 Å². The van der Waals surface area contributed by atoms with Crippen LogP contribution in [0, 0.1) is 13.8 Å². The summed E-state index contributed by atoms with van der Waals surface area (Å²) in [7, 11) is -2.74. The lowest BCUT2D eigenvalue weighted by Crippen LogP contribution is -2.46. The Bertz CT molecular complexity index is 1590. The van der Waals surface area contributed by atoms with Crippen LogP contribution in [-0.4, -0.2) is 26.4 Å². The van der Waals surface area contributed by atoms with E-state index in [0.717, 1.165) is 16.8 Å². The van der Waals surface area contributed by atoms with Crippen molar-refractivity contribution in [1.82, 2.24) is 9.71 Å². The number of ether oxygens (including phenoxy) is 2. The molecule has 37 heavy (non-hydrogen) atoms. The minimum Gasteiger partial charge on any atom is -0.496 e. The first-order chi connectivity index (χ1) is 17.7. The number of sulfonamides is 1. The molecule has 1 fully saturated rings. The fourth-order valence-electron chi connectivity index (χ4n) is 4.94. The maximum atomic E-state index is 14.0. The van der Waals surface area contributed by atoms with Crippen molar-refractivity contribution in [2.24, 2.45) is 0 Å². The number of fused-ring (bicyclic) bond motifs is 1. The summed E-state index contributed by atoms with van der Waals surface area (Å²) in [4.78, 5) is 18.4. The first kappa shape index (κ1) is 24.9. The number of aromatic nitrogens is 1. The number of pyridine rings is 1. The minimum absolute atomic E-state index is 0.0187. The van der Waals surface area contributed by atoms with E-state index in [1.807, 2.05) is 56.3 Å². The van der Waals surface area contributed by atoms with Crippen molar-refractivity contribution in [3.8, 4) is 5.75 Å². The molecular weight excluding hydrogens is 488 g/mol. The van der Waals surface area contributed by atoms with Crippen LogP contribution in [0.5, 0.6) is 5.75 Å². The lowest BCUT2D eigenvalue weighted by atomic mass is 9.88. The second kappa shape index (κ2) is 9.61. The third kappa shape index (κ3) is 4.58. The van der Waals surface area contributed by atoms with Crippen molar-refractivity contribution >= 4 is 26.8 Å². The summed E-state index contributed by atoms with van der Waals surface area (Å²) in [6, 6.07) is 23.3. The Morgan fingerprint density at radius 2 is 1.81 bits per heavy atom. The Morgan fingerprint density at radius 3 is 2.57 bits per heavy atom. The molecule has 3 aromatic carbocycles. The molecule has 4 aromatic rings. The number of aryl methyl sites for hydroxylation is 2. The van der Waals surface area contributed by atoms with Crippen LogP contribution in [0.2, 0.25) is 0 Å². The quantitative estimate of drug-likeness (QED) is 0.383. The number of nitrogens with zero attached hydrogens (tertiary/aromatic N) is 1. The lowest BCUT2D eigenvalue weighted by Gasteiger charge is -2.30. The molecule has 5 rings (SSSR count). The van der Waals surface area contributed by atoms with Gasteiger partial charge in [0.2, 0.25) is 0 Å². The van der Waals surface area contributed by atoms with Gasteiger partial charge in [-0.1, -0.05) is 48.0 Å². The molecule has 1 aliphatic heterocycles. The number of nitrogens with one attached hydrogen (secondary N) is 1. The van der Waals surface area contributed by atoms with Gasteiger partial charge in [0.05, 0.1) is 23.6 Å². The maximum absolute atomic E-state index is 14.0. The van der Waals surface area contributed by atoms with E-state index >= 15 is 0 Å². The van der Waals surface area contributed by atoms with Crippen LogP contribution in [0.15, 0.2) is 83.8 Å². The van der Waals surface area contributed by atoms with E-state index in [0.29, 0.717) is 28.6 Å². The van der Waals surface area contributed by atoms with E-state index in [9.17, 15) is 13.2 Å². The predicted molar refractivity (Wildman–Crippen MR) is 141 cm³/mol. The number of carbonyl (C=O) groups is 1. The molecule has 7 nitrogen and oxygen atoms in total. The number of rotatable bonds is 6. The highest BCUT2D eigenvalue weighted by Crippen LogP contribution is 2.49. The SMILES string of the molecule is COc1ccc(C)cc1[C@]1(C(=O)NS(=O)(=O)c2cccc3nc(C)ccc23)CC[C@@H](c2ccccc2)O1. The smallest absolute Gasteiger partial charge is 0.270 e. The first-order valence-electron chi connectivity index (χ1n) is 12.0. The summed E-state index contributed by atoms with van der Waals surface area (Å²) in [6.07, 6.45) is 0.431. The van der Waals surface area contributed by atoms with Crippen LogP contribution in [0.3, 0.4) is 0 Å². The van der Waals surface area contributed by atoms with E-state index < -0.39 is 21.5 Å². The van der Waals surface area contributed by atoms with Crippen molar-refractivity contribution in [2.45, 2.75) is 43.3 Å². The number of hydrogen-bond acceptors (Lipinski definition) is 6. The van der Waals surface area contributed by atoms with Crippen molar-refractivity contribution < 1.29 is 22.7 Å². The van der Waals surface area contributed by atoms with Crippen molar-refractivity contribution in [2.75, 3.05) is 7.11 Å². The third-order valence-corrected chi connectivity index (χ3v) is 8.17. The van der Waals surface area contributed by atoms with Gasteiger partial charge in [0.15, 0.2) is 5.60 Å². The standard InChI is InChI=1S/C29H28N2O5S/c1-19-12-15-26(35-3)23(18-19)29(17-16-25(36-29)21-8-5-4-6-9-21)28(32)31-37(33,34)27-11-7-10-24-22(27)14-13-20(2)30-24/h4-15,18,25H,16-17H2,1-3H3,(H,31,32)/t25-,29-/m0/s1. The Kier molecular flexibility index (Phi) is 6.47. The molecule has 0 spiro atoms. The lowest BCUT2D eigenvalue weighted by molar-refractivity contribution is -0.145. The van der Waals surface area contributed by atoms with Gasteiger partial charge in [-0.25, -0.2) is 13.1 Å². The van der Waals surface area contributed by atoms with Gasteiger partial charge in [-0.2, -0.15) is 0 Å². The van der Waals surface area contributed by atoms with Crippen LogP contribution >= 0.6 is 0 Å². The van der Waals surface area contributed by atoms with Gasteiger partial charge in [0.1, 0.15) is 5.75 Å². The van der Waals surface area contributed by atoms with Gasteiger partial charge in [-0.3, -0.25) is 9.78 Å². The van der Waals surface area contributed by atoms with Gasteiger partial charge >= 0.3 is 0 Å². The highest BCUT2D eigenvalue weighted by molar-refractivity contribution is 7.90. The third-order valence-electron chi connectivity index (χ3n) is 6.78. The van der Waals surface area contributed by atoms with Gasteiger partial charge in [-0.15, -0.1) is 0 Å². The molecule has 8 heteroatoms. The highest BCUT2D eigenvalue weighted by atomic mass is 32.2. The number of hydrogen-bond donors (Lipinski definition) is 1. The molecule has 1 aliphatic rings. The zero-order valence-electron chi connectivity index (χ0n) is 20.9. The number of carbonyl (C=O) groups excluding carboxylic acids is 1. The summed E-state index contributed by atoms with van der Waals surface area (Å²) >= 11 is 0. The number of methoxy groups -OCH3 is 1. The van der Waals surface area contributed by atoms with Crippen LogP contribution in [0.4, 0.5) is 0 Å². The van der Waals surface area contributed by atoms with Gasteiger partial charge in [0, 0.05) is 16.6 Å². The van der Waals surface area contributed by atoms with E-state index in [1.165, 1.54) is 13.2 Å². The van der Waals surface area contributed by atoms with Crippen LogP contribution in [-0.2, 0) is 25.2 Å². The van der Waals surface area contributed by atoms with Crippen molar-refractivity contribution in [1.29, 1.82) is 0 Å². The molecule has 0 aliphatic carbocycles. The van der Waals surface area contributed by atoms with Gasteiger partial charge < -0.3 is 9.47 Å². The molecule has 0 saturated carbocycles. The second-order valence-electron chi connectivity index (χ2n) is 9.30. The molecule has 1 amide bonds. The average Bonchev–Trinajstić information content (AvgIpc) is 3.35. The van der Waals surface area contributed by atoms with Gasteiger partial charge in [-0.05, 0) is 68.7 Å². The van der Waals surface area contributed by atoms with Crippen LogP contribution < -0.4 is 9.46 Å². The topological polar surface area (TPSA) is 94.6 Å². The molecule has 190 valence electrons. The molecule has 1 N–H and O–H groups in total. The van der Waals surface area contributed by atoms with E-state index in [2.05, 4.69) is 9.71 Å². The second-order valence-corrected chi connectivity index (χ2v) is 10.9. The minimum atomic E-state index is -4.25. The number of amides is 1. The fourth-order valence-corrected chi connectivity index (χ4v) is 6.18. The highest BCUT2D eigenvalue weighted by Gasteiger charge is 2.51. The Labute approximate surface area is 216 Å². The molecule has 1 aromatic heterocycles.